The number of carbonyl (C=O) groups excluding carboxylic acids is 2. The minimum Gasteiger partial charge on any atom is -0.508 e. The molecule has 0 bridgehead atoms. The topological polar surface area (TPSA) is 78.9 Å². The summed E-state index contributed by atoms with van der Waals surface area (Å²) in [6.45, 7) is 2.58. The summed E-state index contributed by atoms with van der Waals surface area (Å²) in [6.07, 6.45) is 0.424. The number of nitrogens with one attached hydrogen (secondary N) is 1. The number of halogens is 2. The minimum atomic E-state index is -0.678. The Morgan fingerprint density at radius 2 is 1.86 bits per heavy atom. The fraction of sp³-hybridized carbons (Fsp3) is 0.333. The maximum Gasteiger partial charge on any atom is 0.263 e. The number of ether oxygens (including phenoxy) is 1. The summed E-state index contributed by atoms with van der Waals surface area (Å²) in [5.41, 5.74) is -0.163. The van der Waals surface area contributed by atoms with Gasteiger partial charge in [0.05, 0.1) is 10.6 Å². The molecule has 3 rings (SSSR count). The third-order valence-corrected chi connectivity index (χ3v) is 5.14. The van der Waals surface area contributed by atoms with Gasteiger partial charge in [0, 0.05) is 19.1 Å². The van der Waals surface area contributed by atoms with Crippen molar-refractivity contribution in [3.05, 3.63) is 58.9 Å². The average molecular weight is 421 g/mol. The van der Waals surface area contributed by atoms with Crippen LogP contribution in [0.3, 0.4) is 0 Å². The second-order valence-electron chi connectivity index (χ2n) is 6.92. The number of piperidine rings is 1. The van der Waals surface area contributed by atoms with Gasteiger partial charge in [0.15, 0.2) is 6.10 Å². The van der Waals surface area contributed by atoms with Gasteiger partial charge in [-0.2, -0.15) is 0 Å². The fourth-order valence-corrected chi connectivity index (χ4v) is 3.50. The van der Waals surface area contributed by atoms with Crippen LogP contribution in [0, 0.1) is 5.82 Å². The van der Waals surface area contributed by atoms with Gasteiger partial charge in [-0.3, -0.25) is 9.59 Å². The molecule has 1 unspecified atom stereocenters. The summed E-state index contributed by atoms with van der Waals surface area (Å²) in [4.78, 5) is 26.6. The van der Waals surface area contributed by atoms with Crippen molar-refractivity contribution in [3.8, 4) is 11.5 Å². The lowest BCUT2D eigenvalue weighted by molar-refractivity contribution is -0.139. The van der Waals surface area contributed by atoms with Crippen molar-refractivity contribution in [3.63, 3.8) is 0 Å². The standard InChI is InChI=1S/C21H22ClFN2O4/c1-13(29-16-7-5-15(26)6-8-16)21(28)25-11-9-14(10-12-25)24-20(27)19-17(22)3-2-4-18(19)23/h2-8,13-14,26H,9-12H2,1H3,(H,24,27). The van der Waals surface area contributed by atoms with Crippen LogP contribution in [0.25, 0.3) is 0 Å². The Morgan fingerprint density at radius 3 is 2.48 bits per heavy atom. The molecule has 2 aromatic rings. The number of phenols is 1. The van der Waals surface area contributed by atoms with Gasteiger partial charge in [-0.1, -0.05) is 17.7 Å². The monoisotopic (exact) mass is 420 g/mol. The van der Waals surface area contributed by atoms with Crippen LogP contribution >= 0.6 is 11.6 Å². The van der Waals surface area contributed by atoms with Gasteiger partial charge in [0.1, 0.15) is 17.3 Å². The number of hydrogen-bond acceptors (Lipinski definition) is 4. The molecule has 0 aliphatic carbocycles. The smallest absolute Gasteiger partial charge is 0.263 e. The molecule has 29 heavy (non-hydrogen) atoms. The molecule has 0 saturated carbocycles. The summed E-state index contributed by atoms with van der Waals surface area (Å²) >= 11 is 5.94. The first-order valence-electron chi connectivity index (χ1n) is 9.34. The van der Waals surface area contributed by atoms with Crippen LogP contribution in [-0.4, -0.2) is 47.1 Å². The van der Waals surface area contributed by atoms with E-state index in [1.165, 1.54) is 30.3 Å². The Bertz CT molecular complexity index is 862. The summed E-state index contributed by atoms with van der Waals surface area (Å²) in [7, 11) is 0. The van der Waals surface area contributed by atoms with Crippen LogP contribution in [0.15, 0.2) is 42.5 Å². The van der Waals surface area contributed by atoms with Crippen LogP contribution in [0.2, 0.25) is 5.02 Å². The highest BCUT2D eigenvalue weighted by Crippen LogP contribution is 2.21. The van der Waals surface area contributed by atoms with Crippen LogP contribution in [0.1, 0.15) is 30.1 Å². The van der Waals surface area contributed by atoms with E-state index in [4.69, 9.17) is 16.3 Å². The molecule has 2 aromatic carbocycles. The third kappa shape index (κ3) is 5.17. The zero-order chi connectivity index (χ0) is 21.0. The SMILES string of the molecule is CC(Oc1ccc(O)cc1)C(=O)N1CCC(NC(=O)c2c(F)cccc2Cl)CC1. The first-order valence-corrected chi connectivity index (χ1v) is 9.72. The number of nitrogens with zero attached hydrogens (tertiary/aromatic N) is 1. The predicted octanol–water partition coefficient (Wildman–Crippen LogP) is 3.37. The van der Waals surface area contributed by atoms with Crippen molar-refractivity contribution in [2.45, 2.75) is 31.9 Å². The van der Waals surface area contributed by atoms with Crippen molar-refractivity contribution in [1.29, 1.82) is 0 Å². The summed E-state index contributed by atoms with van der Waals surface area (Å²) in [6, 6.07) is 10.1. The van der Waals surface area contributed by atoms with E-state index in [0.29, 0.717) is 31.7 Å². The van der Waals surface area contributed by atoms with Gasteiger partial charge >= 0.3 is 0 Å². The van der Waals surface area contributed by atoms with Crippen molar-refractivity contribution in [1.82, 2.24) is 10.2 Å². The molecule has 0 aromatic heterocycles. The molecular weight excluding hydrogens is 399 g/mol. The predicted molar refractivity (Wildman–Crippen MR) is 107 cm³/mol. The first-order chi connectivity index (χ1) is 13.8. The lowest BCUT2D eigenvalue weighted by Crippen LogP contribution is -2.49. The number of hydrogen-bond donors (Lipinski definition) is 2. The van der Waals surface area contributed by atoms with Gasteiger partial charge in [0.2, 0.25) is 0 Å². The zero-order valence-corrected chi connectivity index (χ0v) is 16.7. The number of likely N-dealkylation sites (tertiary alicyclic amines) is 1. The summed E-state index contributed by atoms with van der Waals surface area (Å²) in [5.74, 6) is -0.755. The largest absolute Gasteiger partial charge is 0.508 e. The second kappa shape index (κ2) is 9.13. The van der Waals surface area contributed by atoms with Crippen LogP contribution in [0.5, 0.6) is 11.5 Å². The van der Waals surface area contributed by atoms with Gasteiger partial charge in [-0.05, 0) is 56.2 Å². The normalized spacial score (nSPS) is 15.6. The van der Waals surface area contributed by atoms with Gasteiger partial charge < -0.3 is 20.1 Å². The Morgan fingerprint density at radius 1 is 1.21 bits per heavy atom. The van der Waals surface area contributed by atoms with Crippen molar-refractivity contribution >= 4 is 23.4 Å². The number of benzene rings is 2. The minimum absolute atomic E-state index is 0.0651. The summed E-state index contributed by atoms with van der Waals surface area (Å²) in [5, 5.41) is 12.2. The highest BCUT2D eigenvalue weighted by molar-refractivity contribution is 6.33. The van der Waals surface area contributed by atoms with E-state index in [2.05, 4.69) is 5.32 Å². The van der Waals surface area contributed by atoms with Crippen molar-refractivity contribution in [2.24, 2.45) is 0 Å². The maximum absolute atomic E-state index is 13.9. The zero-order valence-electron chi connectivity index (χ0n) is 15.9. The quantitative estimate of drug-likeness (QED) is 0.777. The molecule has 1 atom stereocenters. The van der Waals surface area contributed by atoms with E-state index < -0.39 is 17.8 Å². The maximum atomic E-state index is 13.9. The number of rotatable bonds is 5. The molecule has 1 aliphatic rings. The molecule has 2 N–H and O–H groups in total. The molecule has 154 valence electrons. The molecule has 1 fully saturated rings. The number of amides is 2. The van der Waals surface area contributed by atoms with Gasteiger partial charge in [-0.15, -0.1) is 0 Å². The van der Waals surface area contributed by atoms with Gasteiger partial charge in [0.25, 0.3) is 11.8 Å². The van der Waals surface area contributed by atoms with Crippen molar-refractivity contribution in [2.75, 3.05) is 13.1 Å². The lowest BCUT2D eigenvalue weighted by atomic mass is 10.0. The molecule has 1 heterocycles. The molecule has 6 nitrogen and oxygen atoms in total. The summed E-state index contributed by atoms with van der Waals surface area (Å²) < 4.78 is 19.5. The van der Waals surface area contributed by atoms with E-state index in [0.717, 1.165) is 0 Å². The average Bonchev–Trinajstić information content (AvgIpc) is 2.69. The highest BCUT2D eigenvalue weighted by atomic mass is 35.5. The molecule has 2 amide bonds. The number of carbonyl (C=O) groups is 2. The molecular formula is C21H22ClFN2O4. The third-order valence-electron chi connectivity index (χ3n) is 4.83. The van der Waals surface area contributed by atoms with E-state index in [-0.39, 0.29) is 28.3 Å². The molecule has 8 heteroatoms. The highest BCUT2D eigenvalue weighted by Gasteiger charge is 2.28. The molecule has 1 aliphatic heterocycles. The van der Waals surface area contributed by atoms with E-state index in [9.17, 15) is 19.1 Å². The Balaban J connectivity index is 1.51. The van der Waals surface area contributed by atoms with Crippen LogP contribution in [-0.2, 0) is 4.79 Å². The number of aromatic hydroxyl groups is 1. The van der Waals surface area contributed by atoms with Crippen LogP contribution < -0.4 is 10.1 Å². The van der Waals surface area contributed by atoms with Crippen molar-refractivity contribution < 1.29 is 23.8 Å². The van der Waals surface area contributed by atoms with Crippen LogP contribution in [0.4, 0.5) is 4.39 Å². The van der Waals surface area contributed by atoms with E-state index in [1.54, 1.807) is 24.0 Å². The Kier molecular flexibility index (Phi) is 6.59. The Hall–Kier alpha value is -2.80. The Labute approximate surface area is 173 Å². The molecule has 0 radical (unpaired) electrons. The van der Waals surface area contributed by atoms with E-state index in [1.807, 2.05) is 0 Å². The molecule has 1 saturated heterocycles. The second-order valence-corrected chi connectivity index (χ2v) is 7.33. The lowest BCUT2D eigenvalue weighted by Gasteiger charge is -2.34. The fourth-order valence-electron chi connectivity index (χ4n) is 3.25. The van der Waals surface area contributed by atoms with E-state index >= 15 is 0 Å². The van der Waals surface area contributed by atoms with Gasteiger partial charge in [-0.25, -0.2) is 4.39 Å². The molecule has 0 spiro atoms. The first kappa shape index (κ1) is 20.9. The number of phenolic OH excluding ortho intramolecular Hbond substituents is 1.